The summed E-state index contributed by atoms with van der Waals surface area (Å²) in [5, 5.41) is 10.3. The van der Waals surface area contributed by atoms with Crippen molar-refractivity contribution in [2.45, 2.75) is 45.6 Å². The summed E-state index contributed by atoms with van der Waals surface area (Å²) in [4.78, 5) is 0. The molecule has 0 aliphatic heterocycles. The number of aliphatic hydroxyl groups is 1. The Morgan fingerprint density at radius 2 is 1.75 bits per heavy atom. The first kappa shape index (κ1) is 8.55. The number of hydrogen-bond donors (Lipinski definition) is 1. The van der Waals surface area contributed by atoms with Crippen LogP contribution in [0.3, 0.4) is 0 Å². The Labute approximate surface area is 75.2 Å². The van der Waals surface area contributed by atoms with Gasteiger partial charge in [0.15, 0.2) is 0 Å². The lowest BCUT2D eigenvalue weighted by Crippen LogP contribution is -2.38. The van der Waals surface area contributed by atoms with Gasteiger partial charge in [0, 0.05) is 0 Å². The van der Waals surface area contributed by atoms with E-state index in [1.807, 2.05) is 0 Å². The zero-order chi connectivity index (χ0) is 8.93. The largest absolute Gasteiger partial charge is 0.390 e. The van der Waals surface area contributed by atoms with Crippen molar-refractivity contribution in [2.24, 2.45) is 23.7 Å². The van der Waals surface area contributed by atoms with Crippen molar-refractivity contribution in [2.75, 3.05) is 0 Å². The van der Waals surface area contributed by atoms with Gasteiger partial charge >= 0.3 is 0 Å². The fourth-order valence-electron chi connectivity index (χ4n) is 3.52. The van der Waals surface area contributed by atoms with E-state index in [1.54, 1.807) is 0 Å². The van der Waals surface area contributed by atoms with E-state index in [0.717, 1.165) is 30.6 Å². The second-order valence-corrected chi connectivity index (χ2v) is 5.27. The highest BCUT2D eigenvalue weighted by molar-refractivity contribution is 5.02. The molecule has 2 bridgehead atoms. The van der Waals surface area contributed by atoms with Crippen LogP contribution in [0.15, 0.2) is 0 Å². The standard InChI is InChI=1S/C11H20O/c1-7-4-9(3)11(12)5-8(2)10(7)6-11/h7-10,12H,4-6H2,1-3H3. The third-order valence-electron chi connectivity index (χ3n) is 4.37. The van der Waals surface area contributed by atoms with Gasteiger partial charge < -0.3 is 5.11 Å². The molecule has 2 fully saturated rings. The summed E-state index contributed by atoms with van der Waals surface area (Å²) in [5.74, 6) is 2.90. The number of hydrogen-bond acceptors (Lipinski definition) is 1. The molecule has 1 N–H and O–H groups in total. The van der Waals surface area contributed by atoms with E-state index in [2.05, 4.69) is 20.8 Å². The summed E-state index contributed by atoms with van der Waals surface area (Å²) in [6.45, 7) is 6.87. The van der Waals surface area contributed by atoms with Gasteiger partial charge in [-0.1, -0.05) is 20.8 Å². The predicted molar refractivity (Wildman–Crippen MR) is 49.8 cm³/mol. The summed E-state index contributed by atoms with van der Waals surface area (Å²) >= 11 is 0. The predicted octanol–water partition coefficient (Wildman–Crippen LogP) is 2.44. The monoisotopic (exact) mass is 168 g/mol. The Bertz CT molecular complexity index is 185. The van der Waals surface area contributed by atoms with Crippen molar-refractivity contribution < 1.29 is 5.11 Å². The second-order valence-electron chi connectivity index (χ2n) is 5.27. The molecule has 70 valence electrons. The average Bonchev–Trinajstić information content (AvgIpc) is 2.23. The molecule has 0 heterocycles. The molecule has 0 aromatic heterocycles. The van der Waals surface area contributed by atoms with Crippen LogP contribution in [-0.2, 0) is 0 Å². The fourth-order valence-corrected chi connectivity index (χ4v) is 3.52. The Hall–Kier alpha value is -0.0400. The highest BCUT2D eigenvalue weighted by atomic mass is 16.3. The molecule has 0 spiro atoms. The lowest BCUT2D eigenvalue weighted by Gasteiger charge is -2.37. The van der Waals surface area contributed by atoms with E-state index in [-0.39, 0.29) is 5.60 Å². The van der Waals surface area contributed by atoms with Crippen LogP contribution in [0.5, 0.6) is 0 Å². The van der Waals surface area contributed by atoms with Gasteiger partial charge in [0.2, 0.25) is 0 Å². The SMILES string of the molecule is CC1CC(C)C2(O)CC(C)C1C2. The molecule has 0 aromatic carbocycles. The quantitative estimate of drug-likeness (QED) is 0.589. The van der Waals surface area contributed by atoms with Crippen molar-refractivity contribution in [3.63, 3.8) is 0 Å². The summed E-state index contributed by atoms with van der Waals surface area (Å²) in [6, 6.07) is 0. The average molecular weight is 168 g/mol. The maximum atomic E-state index is 10.3. The topological polar surface area (TPSA) is 20.2 Å². The van der Waals surface area contributed by atoms with E-state index in [4.69, 9.17) is 0 Å². The molecule has 2 aliphatic carbocycles. The summed E-state index contributed by atoms with van der Waals surface area (Å²) in [5.41, 5.74) is -0.295. The van der Waals surface area contributed by atoms with E-state index in [0.29, 0.717) is 5.92 Å². The molecule has 5 unspecified atom stereocenters. The van der Waals surface area contributed by atoms with Crippen LogP contribution in [0, 0.1) is 23.7 Å². The van der Waals surface area contributed by atoms with Crippen LogP contribution in [0.4, 0.5) is 0 Å². The van der Waals surface area contributed by atoms with Gasteiger partial charge in [-0.2, -0.15) is 0 Å². The van der Waals surface area contributed by atoms with Gasteiger partial charge in [-0.3, -0.25) is 0 Å². The van der Waals surface area contributed by atoms with Crippen molar-refractivity contribution in [3.05, 3.63) is 0 Å². The van der Waals surface area contributed by atoms with Crippen molar-refractivity contribution in [1.29, 1.82) is 0 Å². The smallest absolute Gasteiger partial charge is 0.0678 e. The van der Waals surface area contributed by atoms with Crippen molar-refractivity contribution >= 4 is 0 Å². The first-order valence-electron chi connectivity index (χ1n) is 5.25. The van der Waals surface area contributed by atoms with E-state index >= 15 is 0 Å². The van der Waals surface area contributed by atoms with Crippen LogP contribution < -0.4 is 0 Å². The third kappa shape index (κ3) is 1.02. The fraction of sp³-hybridized carbons (Fsp3) is 1.00. The van der Waals surface area contributed by atoms with E-state index < -0.39 is 0 Å². The second kappa shape index (κ2) is 2.47. The molecular weight excluding hydrogens is 148 g/mol. The number of fused-ring (bicyclic) bond motifs is 2. The highest BCUT2D eigenvalue weighted by Gasteiger charge is 2.51. The molecule has 0 aromatic rings. The van der Waals surface area contributed by atoms with Crippen molar-refractivity contribution in [3.8, 4) is 0 Å². The van der Waals surface area contributed by atoms with Crippen LogP contribution in [0.1, 0.15) is 40.0 Å². The van der Waals surface area contributed by atoms with Crippen LogP contribution in [0.25, 0.3) is 0 Å². The van der Waals surface area contributed by atoms with Crippen LogP contribution >= 0.6 is 0 Å². The van der Waals surface area contributed by atoms with E-state index in [1.165, 1.54) is 6.42 Å². The van der Waals surface area contributed by atoms with Crippen LogP contribution in [-0.4, -0.2) is 10.7 Å². The van der Waals surface area contributed by atoms with E-state index in [9.17, 15) is 5.11 Å². The first-order chi connectivity index (χ1) is 5.53. The molecule has 0 saturated heterocycles. The molecule has 0 amide bonds. The minimum absolute atomic E-state index is 0.295. The first-order valence-corrected chi connectivity index (χ1v) is 5.25. The van der Waals surface area contributed by atoms with Gasteiger partial charge in [0.1, 0.15) is 0 Å². The van der Waals surface area contributed by atoms with Gasteiger partial charge in [0.25, 0.3) is 0 Å². The van der Waals surface area contributed by atoms with Gasteiger partial charge in [-0.25, -0.2) is 0 Å². The summed E-state index contributed by atoms with van der Waals surface area (Å²) in [6.07, 6.45) is 3.34. The normalized spacial score (nSPS) is 59.0. The highest BCUT2D eigenvalue weighted by Crippen LogP contribution is 2.53. The molecule has 1 nitrogen and oxygen atoms in total. The minimum atomic E-state index is -0.295. The molecular formula is C11H20O. The molecule has 2 aliphatic rings. The Kier molecular flexibility index (Phi) is 1.76. The summed E-state index contributed by atoms with van der Waals surface area (Å²) in [7, 11) is 0. The zero-order valence-electron chi connectivity index (χ0n) is 8.38. The summed E-state index contributed by atoms with van der Waals surface area (Å²) < 4.78 is 0. The lowest BCUT2D eigenvalue weighted by atomic mass is 9.72. The maximum absolute atomic E-state index is 10.3. The third-order valence-corrected chi connectivity index (χ3v) is 4.37. The molecule has 2 rings (SSSR count). The van der Waals surface area contributed by atoms with Crippen molar-refractivity contribution in [1.82, 2.24) is 0 Å². The Morgan fingerprint density at radius 3 is 2.42 bits per heavy atom. The maximum Gasteiger partial charge on any atom is 0.0678 e. The zero-order valence-corrected chi connectivity index (χ0v) is 8.38. The number of rotatable bonds is 0. The minimum Gasteiger partial charge on any atom is -0.390 e. The lowest BCUT2D eigenvalue weighted by molar-refractivity contribution is -0.0390. The van der Waals surface area contributed by atoms with Gasteiger partial charge in [-0.15, -0.1) is 0 Å². The Balaban J connectivity index is 2.23. The Morgan fingerprint density at radius 1 is 1.08 bits per heavy atom. The van der Waals surface area contributed by atoms with Gasteiger partial charge in [-0.05, 0) is 42.9 Å². The molecule has 1 heteroatoms. The van der Waals surface area contributed by atoms with Crippen LogP contribution in [0.2, 0.25) is 0 Å². The molecule has 0 radical (unpaired) electrons. The van der Waals surface area contributed by atoms with Gasteiger partial charge in [0.05, 0.1) is 5.60 Å². The molecule has 12 heavy (non-hydrogen) atoms. The molecule has 2 saturated carbocycles. The molecule has 5 atom stereocenters.